The first-order chi connectivity index (χ1) is 17.4. The van der Waals surface area contributed by atoms with Crippen LogP contribution in [0.1, 0.15) is 89.5 Å². The molecular formula is C30H61NO6Si3. The number of carbonyl (C=O) groups is 2. The molecule has 1 saturated heterocycles. The fourth-order valence-corrected chi connectivity index (χ4v) is 8.48. The monoisotopic (exact) mass is 615 g/mol. The Balaban J connectivity index is 2.78. The molecule has 1 saturated carbocycles. The molecule has 40 heavy (non-hydrogen) atoms. The molecule has 0 aromatic heterocycles. The number of fused-ring (bicyclic) bond motifs is 2. The summed E-state index contributed by atoms with van der Waals surface area (Å²) in [5.41, 5.74) is -0.724. The van der Waals surface area contributed by atoms with Gasteiger partial charge in [0.25, 0.3) is 0 Å². The molecule has 2 bridgehead atoms. The third-order valence-corrected chi connectivity index (χ3v) is 23.5. The quantitative estimate of drug-likeness (QED) is 0.280. The minimum absolute atomic E-state index is 0.0542. The number of carbonyl (C=O) groups excluding carboxylic acids is 2. The molecule has 0 aromatic rings. The van der Waals surface area contributed by atoms with Gasteiger partial charge in [-0.05, 0) is 81.6 Å². The van der Waals surface area contributed by atoms with Gasteiger partial charge in [0.05, 0.1) is 30.3 Å². The van der Waals surface area contributed by atoms with Crippen molar-refractivity contribution < 1.29 is 27.6 Å². The van der Waals surface area contributed by atoms with E-state index < -0.39 is 66.9 Å². The molecule has 5 atom stereocenters. The molecule has 1 heterocycles. The normalized spacial score (nSPS) is 27.3. The summed E-state index contributed by atoms with van der Waals surface area (Å²) in [6.45, 7) is 38.8. The summed E-state index contributed by atoms with van der Waals surface area (Å²) in [6.07, 6.45) is -1.58. The van der Waals surface area contributed by atoms with E-state index in [9.17, 15) is 9.59 Å². The first-order valence-corrected chi connectivity index (χ1v) is 23.8. The Bertz CT molecular complexity index is 952. The molecule has 2 aliphatic rings. The third kappa shape index (κ3) is 7.33. The number of hydrogen-bond donors (Lipinski definition) is 0. The first kappa shape index (κ1) is 35.7. The van der Waals surface area contributed by atoms with Gasteiger partial charge in [0, 0.05) is 0 Å². The maximum absolute atomic E-state index is 14.1. The second-order valence-corrected chi connectivity index (χ2v) is 31.9. The van der Waals surface area contributed by atoms with Crippen LogP contribution in [0.4, 0.5) is 4.79 Å². The van der Waals surface area contributed by atoms with Gasteiger partial charge in [-0.25, -0.2) is 9.69 Å². The molecule has 0 aromatic carbocycles. The summed E-state index contributed by atoms with van der Waals surface area (Å²) in [4.78, 5) is 29.1. The van der Waals surface area contributed by atoms with Crippen molar-refractivity contribution in [2.75, 3.05) is 0 Å². The predicted molar refractivity (Wildman–Crippen MR) is 171 cm³/mol. The van der Waals surface area contributed by atoms with Crippen LogP contribution in [0, 0.1) is 5.92 Å². The molecule has 0 N–H and O–H groups in total. The van der Waals surface area contributed by atoms with E-state index in [1.54, 1.807) is 0 Å². The molecule has 1 aliphatic carbocycles. The van der Waals surface area contributed by atoms with E-state index in [-0.39, 0.29) is 21.0 Å². The van der Waals surface area contributed by atoms with E-state index >= 15 is 0 Å². The second-order valence-electron chi connectivity index (χ2n) is 17.6. The van der Waals surface area contributed by atoms with Crippen LogP contribution in [0.15, 0.2) is 0 Å². The Labute approximate surface area is 248 Å². The average Bonchev–Trinajstić information content (AvgIpc) is 2.98. The fourth-order valence-electron chi connectivity index (χ4n) is 4.52. The Morgan fingerprint density at radius 1 is 0.650 bits per heavy atom. The molecule has 2 amide bonds. The van der Waals surface area contributed by atoms with Crippen LogP contribution in [0.3, 0.4) is 0 Å². The second kappa shape index (κ2) is 10.9. The van der Waals surface area contributed by atoms with Gasteiger partial charge in [0.1, 0.15) is 5.60 Å². The highest BCUT2D eigenvalue weighted by Gasteiger charge is 2.63. The molecular weight excluding hydrogens is 555 g/mol. The van der Waals surface area contributed by atoms with Crippen LogP contribution in [0.25, 0.3) is 0 Å². The standard InChI is InChI=1S/C30H61NO6Si3/c1-27(2,3)34-26(33)31-21-19-20(25(31)32)22(35-38(13,14)28(4,5)6)24(37-40(17,18)30(10,11)12)23(21)36-39(15,16)29(7,8)9/h20-24H,19H2,1-18H3/t20-,21+,22+,23+,24-/m1/s1. The molecule has 0 spiro atoms. The van der Waals surface area contributed by atoms with E-state index in [0.717, 1.165) is 0 Å². The smallest absolute Gasteiger partial charge is 0.417 e. The predicted octanol–water partition coefficient (Wildman–Crippen LogP) is 8.32. The zero-order valence-corrected chi connectivity index (χ0v) is 32.0. The molecule has 10 heteroatoms. The van der Waals surface area contributed by atoms with Crippen molar-refractivity contribution in [3.8, 4) is 0 Å². The number of nitrogens with zero attached hydrogens (tertiary/aromatic N) is 1. The van der Waals surface area contributed by atoms with E-state index in [1.807, 2.05) is 20.8 Å². The van der Waals surface area contributed by atoms with E-state index in [0.29, 0.717) is 6.42 Å². The van der Waals surface area contributed by atoms with Crippen LogP contribution in [0.5, 0.6) is 0 Å². The van der Waals surface area contributed by atoms with E-state index in [4.69, 9.17) is 18.0 Å². The van der Waals surface area contributed by atoms with Crippen molar-refractivity contribution >= 4 is 37.0 Å². The van der Waals surface area contributed by atoms with Crippen LogP contribution in [0.2, 0.25) is 54.4 Å². The van der Waals surface area contributed by atoms with Crippen molar-refractivity contribution in [2.24, 2.45) is 5.92 Å². The SMILES string of the molecule is CC(C)(C)OC(=O)N1C(=O)[C@@H]2C[C@H]1[C@H](O[Si](C)(C)C(C)(C)C)[C@H](O[Si](C)(C)C(C)(C)C)[C@H]2O[Si](C)(C)C(C)(C)C. The summed E-state index contributed by atoms with van der Waals surface area (Å²) < 4.78 is 27.4. The van der Waals surface area contributed by atoms with Crippen molar-refractivity contribution in [2.45, 2.75) is 174 Å². The molecule has 0 radical (unpaired) electrons. The van der Waals surface area contributed by atoms with Gasteiger partial charge in [-0.1, -0.05) is 62.3 Å². The number of imide groups is 1. The van der Waals surface area contributed by atoms with Crippen LogP contribution in [-0.2, 0) is 22.8 Å². The Hall–Kier alpha value is -0.529. The minimum Gasteiger partial charge on any atom is -0.443 e. The largest absolute Gasteiger partial charge is 0.443 e. The highest BCUT2D eigenvalue weighted by molar-refractivity contribution is 6.75. The van der Waals surface area contributed by atoms with Crippen molar-refractivity contribution in [3.63, 3.8) is 0 Å². The van der Waals surface area contributed by atoms with Gasteiger partial charge < -0.3 is 18.0 Å². The molecule has 2 rings (SSSR count). The maximum Gasteiger partial charge on any atom is 0.417 e. The minimum atomic E-state index is -2.35. The number of amides is 2. The van der Waals surface area contributed by atoms with Crippen LogP contribution >= 0.6 is 0 Å². The molecule has 234 valence electrons. The molecule has 2 fully saturated rings. The van der Waals surface area contributed by atoms with E-state index in [1.165, 1.54) is 4.90 Å². The van der Waals surface area contributed by atoms with Crippen molar-refractivity contribution in [1.82, 2.24) is 4.90 Å². The lowest BCUT2D eigenvalue weighted by atomic mass is 9.83. The maximum atomic E-state index is 14.1. The first-order valence-electron chi connectivity index (χ1n) is 15.0. The van der Waals surface area contributed by atoms with Gasteiger partial charge in [0.15, 0.2) is 25.0 Å². The average molecular weight is 616 g/mol. The molecule has 1 aliphatic heterocycles. The summed E-state index contributed by atoms with van der Waals surface area (Å²) in [7, 11) is -7.02. The Morgan fingerprint density at radius 3 is 1.35 bits per heavy atom. The van der Waals surface area contributed by atoms with Crippen molar-refractivity contribution in [1.29, 1.82) is 0 Å². The fraction of sp³-hybridized carbons (Fsp3) is 0.933. The van der Waals surface area contributed by atoms with Crippen molar-refractivity contribution in [3.05, 3.63) is 0 Å². The summed E-state index contributed by atoms with van der Waals surface area (Å²) >= 11 is 0. The van der Waals surface area contributed by atoms with Crippen LogP contribution < -0.4 is 0 Å². The van der Waals surface area contributed by atoms with Crippen LogP contribution in [-0.4, -0.2) is 71.8 Å². The Morgan fingerprint density at radius 2 is 1.00 bits per heavy atom. The number of rotatable bonds is 6. The molecule has 7 nitrogen and oxygen atoms in total. The summed E-state index contributed by atoms with van der Waals surface area (Å²) in [5.74, 6) is -0.714. The summed E-state index contributed by atoms with van der Waals surface area (Å²) in [6, 6.07) is -0.462. The highest BCUT2D eigenvalue weighted by atomic mass is 28.4. The Kier molecular flexibility index (Phi) is 9.70. The van der Waals surface area contributed by atoms with Gasteiger partial charge in [0.2, 0.25) is 5.91 Å². The number of hydrogen-bond acceptors (Lipinski definition) is 6. The zero-order chi connectivity index (χ0) is 31.7. The number of ether oxygens (including phenoxy) is 1. The van der Waals surface area contributed by atoms with Gasteiger partial charge in [-0.3, -0.25) is 4.79 Å². The lowest BCUT2D eigenvalue weighted by Gasteiger charge is -2.52. The summed E-state index contributed by atoms with van der Waals surface area (Å²) in [5, 5.41) is -0.185. The van der Waals surface area contributed by atoms with Gasteiger partial charge >= 0.3 is 6.09 Å². The zero-order valence-electron chi connectivity index (χ0n) is 29.0. The number of likely N-dealkylation sites (tertiary alicyclic amines) is 1. The lowest BCUT2D eigenvalue weighted by molar-refractivity contribution is -0.133. The van der Waals surface area contributed by atoms with Gasteiger partial charge in [-0.15, -0.1) is 0 Å². The third-order valence-electron chi connectivity index (χ3n) is 10.1. The highest BCUT2D eigenvalue weighted by Crippen LogP contribution is 2.50. The van der Waals surface area contributed by atoms with Gasteiger partial charge in [-0.2, -0.15) is 0 Å². The lowest BCUT2D eigenvalue weighted by Crippen LogP contribution is -2.64. The molecule has 0 unspecified atom stereocenters. The topological polar surface area (TPSA) is 74.3 Å². The van der Waals surface area contributed by atoms with E-state index in [2.05, 4.69) is 102 Å².